The minimum Gasteiger partial charge on any atom is -0.373 e. The van der Waals surface area contributed by atoms with Crippen LogP contribution < -0.4 is 10.2 Å². The molecule has 0 unspecified atom stereocenters. The van der Waals surface area contributed by atoms with Crippen molar-refractivity contribution in [2.24, 2.45) is 5.41 Å². The lowest BCUT2D eigenvalue weighted by Crippen LogP contribution is -2.71. The van der Waals surface area contributed by atoms with Crippen molar-refractivity contribution < 1.29 is 14.4 Å². The molecule has 4 rings (SSSR count). The number of carbonyl (C=O) groups excluding carboxylic acids is 3. The molecule has 2 aliphatic heterocycles. The second kappa shape index (κ2) is 5.55. The number of carbonyl (C=O) groups is 3. The molecule has 0 aliphatic carbocycles. The van der Waals surface area contributed by atoms with Gasteiger partial charge in [-0.1, -0.05) is 30.3 Å². The zero-order chi connectivity index (χ0) is 19.6. The quantitative estimate of drug-likeness (QED) is 0.729. The summed E-state index contributed by atoms with van der Waals surface area (Å²) >= 11 is 0. The number of benzene rings is 2. The Morgan fingerprint density at radius 3 is 2.44 bits per heavy atom. The van der Waals surface area contributed by atoms with Crippen LogP contribution in [0.5, 0.6) is 0 Å². The van der Waals surface area contributed by atoms with Gasteiger partial charge < -0.3 is 4.90 Å². The molecule has 1 fully saturated rings. The maximum Gasteiger partial charge on any atom is 0.331 e. The predicted molar refractivity (Wildman–Crippen MR) is 103 cm³/mol. The number of amides is 4. The van der Waals surface area contributed by atoms with Crippen molar-refractivity contribution in [2.75, 3.05) is 18.5 Å². The van der Waals surface area contributed by atoms with E-state index in [1.54, 1.807) is 20.8 Å². The SMILES string of the molecule is CN1C[C@]2(Cc3c1ccc1ccccc31)C(=O)NC(=O)N(C(C)(C)C)C2=O. The van der Waals surface area contributed by atoms with E-state index in [1.807, 2.05) is 42.3 Å². The highest BCUT2D eigenvalue weighted by atomic mass is 16.2. The monoisotopic (exact) mass is 365 g/mol. The van der Waals surface area contributed by atoms with E-state index < -0.39 is 28.8 Å². The fourth-order valence-corrected chi connectivity index (χ4v) is 4.30. The molecular weight excluding hydrogens is 342 g/mol. The molecule has 0 aromatic heterocycles. The lowest BCUT2D eigenvalue weighted by Gasteiger charge is -2.48. The van der Waals surface area contributed by atoms with E-state index in [0.29, 0.717) is 0 Å². The van der Waals surface area contributed by atoms with E-state index in [9.17, 15) is 14.4 Å². The van der Waals surface area contributed by atoms with Gasteiger partial charge in [0.05, 0.1) is 0 Å². The zero-order valence-corrected chi connectivity index (χ0v) is 16.0. The number of nitrogens with zero attached hydrogens (tertiary/aromatic N) is 2. The van der Waals surface area contributed by atoms with Crippen molar-refractivity contribution in [3.8, 4) is 0 Å². The third kappa shape index (κ3) is 2.43. The average molecular weight is 365 g/mol. The van der Waals surface area contributed by atoms with Crippen LogP contribution >= 0.6 is 0 Å². The van der Waals surface area contributed by atoms with Crippen LogP contribution in [0.15, 0.2) is 36.4 Å². The molecule has 2 heterocycles. The topological polar surface area (TPSA) is 69.7 Å². The number of hydrogen-bond donors (Lipinski definition) is 1. The molecule has 2 aliphatic rings. The summed E-state index contributed by atoms with van der Waals surface area (Å²) < 4.78 is 0. The Hall–Kier alpha value is -2.89. The van der Waals surface area contributed by atoms with Gasteiger partial charge in [-0.15, -0.1) is 0 Å². The van der Waals surface area contributed by atoms with Gasteiger partial charge in [-0.05, 0) is 43.2 Å². The molecule has 6 heteroatoms. The molecular formula is C21H23N3O3. The lowest BCUT2D eigenvalue weighted by atomic mass is 9.73. The summed E-state index contributed by atoms with van der Waals surface area (Å²) in [7, 11) is 1.88. The lowest BCUT2D eigenvalue weighted by molar-refractivity contribution is -0.154. The summed E-state index contributed by atoms with van der Waals surface area (Å²) in [5.74, 6) is -0.933. The average Bonchev–Trinajstić information content (AvgIpc) is 2.59. The zero-order valence-electron chi connectivity index (χ0n) is 16.0. The first-order valence-corrected chi connectivity index (χ1v) is 9.07. The molecule has 1 spiro atoms. The van der Waals surface area contributed by atoms with Gasteiger partial charge in [-0.25, -0.2) is 4.79 Å². The van der Waals surface area contributed by atoms with Crippen LogP contribution in [0.3, 0.4) is 0 Å². The van der Waals surface area contributed by atoms with Crippen LogP contribution in [0.4, 0.5) is 10.5 Å². The van der Waals surface area contributed by atoms with E-state index in [1.165, 1.54) is 4.90 Å². The van der Waals surface area contributed by atoms with Crippen molar-refractivity contribution in [1.82, 2.24) is 10.2 Å². The maximum absolute atomic E-state index is 13.5. The van der Waals surface area contributed by atoms with Crippen molar-refractivity contribution in [3.63, 3.8) is 0 Å². The van der Waals surface area contributed by atoms with Gasteiger partial charge in [-0.2, -0.15) is 0 Å². The highest BCUT2D eigenvalue weighted by Crippen LogP contribution is 2.43. The van der Waals surface area contributed by atoms with Crippen LogP contribution in [-0.2, 0) is 16.0 Å². The number of nitrogens with one attached hydrogen (secondary N) is 1. The Bertz CT molecular complexity index is 992. The Balaban J connectivity index is 1.90. The molecule has 6 nitrogen and oxygen atoms in total. The normalized spacial score (nSPS) is 23.0. The Labute approximate surface area is 158 Å². The number of urea groups is 1. The number of anilines is 1. The molecule has 140 valence electrons. The Morgan fingerprint density at radius 1 is 1.04 bits per heavy atom. The molecule has 1 saturated heterocycles. The van der Waals surface area contributed by atoms with Crippen LogP contribution in [0.25, 0.3) is 10.8 Å². The smallest absolute Gasteiger partial charge is 0.331 e. The summed E-state index contributed by atoms with van der Waals surface area (Å²) in [5.41, 5.74) is -0.0489. The van der Waals surface area contributed by atoms with Gasteiger partial charge >= 0.3 is 6.03 Å². The maximum atomic E-state index is 13.5. The van der Waals surface area contributed by atoms with E-state index >= 15 is 0 Å². The molecule has 27 heavy (non-hydrogen) atoms. The Kier molecular flexibility index (Phi) is 3.60. The van der Waals surface area contributed by atoms with Gasteiger partial charge in [0.2, 0.25) is 11.8 Å². The number of hydrogen-bond acceptors (Lipinski definition) is 4. The van der Waals surface area contributed by atoms with Gasteiger partial charge in [0.1, 0.15) is 5.41 Å². The Morgan fingerprint density at radius 2 is 1.74 bits per heavy atom. The van der Waals surface area contributed by atoms with E-state index in [-0.39, 0.29) is 13.0 Å². The molecule has 1 N–H and O–H groups in total. The van der Waals surface area contributed by atoms with Gasteiger partial charge in [0.25, 0.3) is 0 Å². The van der Waals surface area contributed by atoms with Crippen molar-refractivity contribution in [3.05, 3.63) is 42.0 Å². The summed E-state index contributed by atoms with van der Waals surface area (Å²) in [6, 6.07) is 11.4. The molecule has 1 atom stereocenters. The fourth-order valence-electron chi connectivity index (χ4n) is 4.30. The fraction of sp³-hybridized carbons (Fsp3) is 0.381. The standard InChI is InChI=1S/C21H23N3O3/c1-20(2,3)24-18(26)21(17(25)22-19(24)27)11-15-14-8-6-5-7-13(14)9-10-16(15)23(4)12-21/h5-10H,11-12H2,1-4H3,(H,22,25,27)/t21-/m1/s1. The number of rotatable bonds is 0. The largest absolute Gasteiger partial charge is 0.373 e. The van der Waals surface area contributed by atoms with E-state index in [0.717, 1.165) is 22.0 Å². The molecule has 0 bridgehead atoms. The van der Waals surface area contributed by atoms with Crippen molar-refractivity contribution >= 4 is 34.3 Å². The van der Waals surface area contributed by atoms with Crippen LogP contribution in [0.1, 0.15) is 26.3 Å². The third-order valence-electron chi connectivity index (χ3n) is 5.55. The van der Waals surface area contributed by atoms with E-state index in [2.05, 4.69) is 11.4 Å². The van der Waals surface area contributed by atoms with Gasteiger partial charge in [0.15, 0.2) is 0 Å². The summed E-state index contributed by atoms with van der Waals surface area (Å²) in [6.07, 6.45) is 0.276. The first-order chi connectivity index (χ1) is 12.6. The number of barbiturate groups is 1. The first-order valence-electron chi connectivity index (χ1n) is 9.07. The highest BCUT2D eigenvalue weighted by Gasteiger charge is 2.58. The summed E-state index contributed by atoms with van der Waals surface area (Å²) in [5, 5.41) is 4.52. The minimum absolute atomic E-state index is 0.239. The third-order valence-corrected chi connectivity index (χ3v) is 5.55. The first kappa shape index (κ1) is 17.5. The summed E-state index contributed by atoms with van der Waals surface area (Å²) in [4.78, 5) is 42.0. The van der Waals surface area contributed by atoms with Crippen molar-refractivity contribution in [1.29, 1.82) is 0 Å². The van der Waals surface area contributed by atoms with Crippen molar-refractivity contribution in [2.45, 2.75) is 32.7 Å². The molecule has 2 aromatic rings. The van der Waals surface area contributed by atoms with Crippen LogP contribution in [0.2, 0.25) is 0 Å². The number of fused-ring (bicyclic) bond motifs is 3. The molecule has 0 radical (unpaired) electrons. The second-order valence-electron chi connectivity index (χ2n) is 8.47. The predicted octanol–water partition coefficient (Wildman–Crippen LogP) is 2.70. The summed E-state index contributed by atoms with van der Waals surface area (Å²) in [6.45, 7) is 5.63. The van der Waals surface area contributed by atoms with Crippen LogP contribution in [-0.4, -0.2) is 41.9 Å². The molecule has 0 saturated carbocycles. The minimum atomic E-state index is -1.31. The second-order valence-corrected chi connectivity index (χ2v) is 8.47. The van der Waals surface area contributed by atoms with Crippen LogP contribution in [0, 0.1) is 5.41 Å². The number of imide groups is 2. The van der Waals surface area contributed by atoms with Gasteiger partial charge in [0, 0.05) is 31.2 Å². The molecule has 4 amide bonds. The van der Waals surface area contributed by atoms with Gasteiger partial charge in [-0.3, -0.25) is 19.8 Å². The van der Waals surface area contributed by atoms with E-state index in [4.69, 9.17) is 0 Å². The molecule has 2 aromatic carbocycles. The highest BCUT2D eigenvalue weighted by molar-refractivity contribution is 6.20.